The van der Waals surface area contributed by atoms with Gasteiger partial charge in [0.2, 0.25) is 10.0 Å². The number of hydrogen-bond donors (Lipinski definition) is 0. The average molecular weight is 451 g/mol. The van der Waals surface area contributed by atoms with Crippen molar-refractivity contribution in [2.45, 2.75) is 36.6 Å². The van der Waals surface area contributed by atoms with Crippen molar-refractivity contribution in [3.63, 3.8) is 0 Å². The SMILES string of the molecule is COc1ccc([C@@H]2CCCCCN2C(=O)c2ccc(Cl)c(S(=O)(=O)N(C)C)c2)cc1. The van der Waals surface area contributed by atoms with Gasteiger partial charge in [-0.25, -0.2) is 12.7 Å². The van der Waals surface area contributed by atoms with E-state index in [0.29, 0.717) is 12.1 Å². The van der Waals surface area contributed by atoms with E-state index in [2.05, 4.69) is 0 Å². The molecular formula is C22H27ClN2O4S. The standard InChI is InChI=1S/C22H27ClN2O4S/c1-24(2)30(27,28)21-15-17(10-13-19(21)23)22(26)25-14-6-4-5-7-20(25)16-8-11-18(29-3)12-9-16/h8-13,15,20H,4-7,14H2,1-3H3/t20-/m0/s1. The van der Waals surface area contributed by atoms with Crippen molar-refractivity contribution >= 4 is 27.5 Å². The first kappa shape index (κ1) is 22.6. The van der Waals surface area contributed by atoms with Crippen molar-refractivity contribution in [1.29, 1.82) is 0 Å². The average Bonchev–Trinajstić information content (AvgIpc) is 2.99. The van der Waals surface area contributed by atoms with E-state index in [0.717, 1.165) is 41.3 Å². The molecule has 1 aliphatic rings. The molecule has 2 aromatic carbocycles. The van der Waals surface area contributed by atoms with Crippen LogP contribution in [0.1, 0.15) is 47.6 Å². The molecule has 162 valence electrons. The maximum atomic E-state index is 13.5. The smallest absolute Gasteiger partial charge is 0.254 e. The number of carbonyl (C=O) groups is 1. The summed E-state index contributed by atoms with van der Waals surface area (Å²) in [4.78, 5) is 15.3. The van der Waals surface area contributed by atoms with Gasteiger partial charge < -0.3 is 9.64 Å². The Morgan fingerprint density at radius 1 is 1.10 bits per heavy atom. The lowest BCUT2D eigenvalue weighted by molar-refractivity contribution is 0.0680. The number of nitrogens with zero attached hydrogens (tertiary/aromatic N) is 2. The van der Waals surface area contributed by atoms with Gasteiger partial charge in [0.15, 0.2) is 0 Å². The highest BCUT2D eigenvalue weighted by atomic mass is 35.5. The Hall–Kier alpha value is -2.09. The minimum Gasteiger partial charge on any atom is -0.497 e. The number of amides is 1. The molecule has 8 heteroatoms. The summed E-state index contributed by atoms with van der Waals surface area (Å²) in [5.74, 6) is 0.575. The Bertz CT molecular complexity index is 1010. The van der Waals surface area contributed by atoms with E-state index >= 15 is 0 Å². The number of halogens is 1. The Labute approximate surface area is 183 Å². The molecule has 2 aromatic rings. The molecule has 1 atom stereocenters. The molecule has 30 heavy (non-hydrogen) atoms. The number of methoxy groups -OCH3 is 1. The highest BCUT2D eigenvalue weighted by molar-refractivity contribution is 7.89. The molecule has 1 fully saturated rings. The second-order valence-electron chi connectivity index (χ2n) is 7.57. The van der Waals surface area contributed by atoms with E-state index in [1.54, 1.807) is 13.2 Å². The molecule has 0 aliphatic carbocycles. The minimum atomic E-state index is -3.76. The van der Waals surface area contributed by atoms with Crippen LogP contribution in [0.5, 0.6) is 5.75 Å². The molecule has 0 aromatic heterocycles. The van der Waals surface area contributed by atoms with Gasteiger partial charge in [0.05, 0.1) is 18.2 Å². The van der Waals surface area contributed by atoms with Crippen molar-refractivity contribution in [3.8, 4) is 5.75 Å². The summed E-state index contributed by atoms with van der Waals surface area (Å²) in [7, 11) is 0.742. The fourth-order valence-corrected chi connectivity index (χ4v) is 5.11. The van der Waals surface area contributed by atoms with Crippen LogP contribution in [0.2, 0.25) is 5.02 Å². The predicted molar refractivity (Wildman–Crippen MR) is 118 cm³/mol. The zero-order valence-corrected chi connectivity index (χ0v) is 19.0. The maximum absolute atomic E-state index is 13.5. The third kappa shape index (κ3) is 4.63. The van der Waals surface area contributed by atoms with E-state index in [4.69, 9.17) is 16.3 Å². The summed E-state index contributed by atoms with van der Waals surface area (Å²) in [6, 6.07) is 12.1. The van der Waals surface area contributed by atoms with Crippen LogP contribution in [0.25, 0.3) is 0 Å². The van der Waals surface area contributed by atoms with Crippen molar-refractivity contribution in [3.05, 3.63) is 58.6 Å². The fraction of sp³-hybridized carbons (Fsp3) is 0.409. The highest BCUT2D eigenvalue weighted by Crippen LogP contribution is 2.33. The fourth-order valence-electron chi connectivity index (χ4n) is 3.72. The molecular weight excluding hydrogens is 424 g/mol. The van der Waals surface area contributed by atoms with Crippen LogP contribution in [0.15, 0.2) is 47.4 Å². The number of ether oxygens (including phenoxy) is 1. The third-order valence-corrected chi connectivity index (χ3v) is 7.75. The highest BCUT2D eigenvalue weighted by Gasteiger charge is 2.29. The monoisotopic (exact) mass is 450 g/mol. The number of sulfonamides is 1. The largest absolute Gasteiger partial charge is 0.497 e. The zero-order chi connectivity index (χ0) is 21.9. The van der Waals surface area contributed by atoms with Crippen LogP contribution in [0.3, 0.4) is 0 Å². The van der Waals surface area contributed by atoms with Crippen molar-refractivity contribution in [1.82, 2.24) is 9.21 Å². The van der Waals surface area contributed by atoms with Crippen LogP contribution in [-0.2, 0) is 10.0 Å². The molecule has 0 spiro atoms. The van der Waals surface area contributed by atoms with E-state index in [1.165, 1.54) is 26.2 Å². The van der Waals surface area contributed by atoms with Gasteiger partial charge in [0, 0.05) is 26.2 Å². The van der Waals surface area contributed by atoms with Crippen molar-refractivity contribution in [2.75, 3.05) is 27.7 Å². The summed E-state index contributed by atoms with van der Waals surface area (Å²) in [6.45, 7) is 0.619. The molecule has 1 heterocycles. The van der Waals surface area contributed by atoms with Crippen LogP contribution < -0.4 is 4.74 Å². The third-order valence-electron chi connectivity index (χ3n) is 5.45. The summed E-state index contributed by atoms with van der Waals surface area (Å²) >= 11 is 6.15. The first-order chi connectivity index (χ1) is 14.3. The first-order valence-electron chi connectivity index (χ1n) is 9.92. The molecule has 0 saturated carbocycles. The van der Waals surface area contributed by atoms with Crippen LogP contribution in [-0.4, -0.2) is 51.3 Å². The van der Waals surface area contributed by atoms with Gasteiger partial charge in [-0.3, -0.25) is 4.79 Å². The normalized spacial score (nSPS) is 17.6. The molecule has 1 aliphatic heterocycles. The van der Waals surface area contributed by atoms with Crippen molar-refractivity contribution < 1.29 is 17.9 Å². The topological polar surface area (TPSA) is 66.9 Å². The van der Waals surface area contributed by atoms with E-state index in [9.17, 15) is 13.2 Å². The Balaban J connectivity index is 1.98. The summed E-state index contributed by atoms with van der Waals surface area (Å²) in [5, 5.41) is 0.0998. The van der Waals surface area contributed by atoms with Gasteiger partial charge >= 0.3 is 0 Å². The van der Waals surface area contributed by atoms with E-state index in [-0.39, 0.29) is 21.9 Å². The zero-order valence-electron chi connectivity index (χ0n) is 17.5. The van der Waals surface area contributed by atoms with Crippen LogP contribution in [0.4, 0.5) is 0 Å². The number of benzene rings is 2. The molecule has 0 radical (unpaired) electrons. The van der Waals surface area contributed by atoms with Gasteiger partial charge in [-0.2, -0.15) is 0 Å². The van der Waals surface area contributed by atoms with Gasteiger partial charge in [-0.05, 0) is 48.7 Å². The Morgan fingerprint density at radius 2 is 1.80 bits per heavy atom. The molecule has 6 nitrogen and oxygen atoms in total. The second-order valence-corrected chi connectivity index (χ2v) is 10.1. The first-order valence-corrected chi connectivity index (χ1v) is 11.7. The van der Waals surface area contributed by atoms with Gasteiger partial charge in [0.1, 0.15) is 10.6 Å². The van der Waals surface area contributed by atoms with Crippen LogP contribution >= 0.6 is 11.6 Å². The second kappa shape index (κ2) is 9.37. The number of carbonyl (C=O) groups excluding carboxylic acids is 1. The maximum Gasteiger partial charge on any atom is 0.254 e. The number of likely N-dealkylation sites (tertiary alicyclic amines) is 1. The quantitative estimate of drug-likeness (QED) is 0.678. The molecule has 1 saturated heterocycles. The molecule has 0 unspecified atom stereocenters. The summed E-state index contributed by atoms with van der Waals surface area (Å²) in [6.07, 6.45) is 3.85. The lowest BCUT2D eigenvalue weighted by Gasteiger charge is -2.31. The Kier molecular flexibility index (Phi) is 7.06. The van der Waals surface area contributed by atoms with E-state index in [1.807, 2.05) is 29.2 Å². The predicted octanol–water partition coefficient (Wildman–Crippen LogP) is 4.36. The molecule has 1 amide bonds. The lowest BCUT2D eigenvalue weighted by Crippen LogP contribution is -2.35. The minimum absolute atomic E-state index is 0.0594. The summed E-state index contributed by atoms with van der Waals surface area (Å²) in [5.41, 5.74) is 1.36. The van der Waals surface area contributed by atoms with Gasteiger partial charge in [0.25, 0.3) is 5.91 Å². The van der Waals surface area contributed by atoms with Gasteiger partial charge in [-0.15, -0.1) is 0 Å². The van der Waals surface area contributed by atoms with Gasteiger partial charge in [-0.1, -0.05) is 36.6 Å². The summed E-state index contributed by atoms with van der Waals surface area (Å²) < 4.78 is 31.6. The lowest BCUT2D eigenvalue weighted by atomic mass is 10.00. The van der Waals surface area contributed by atoms with Crippen LogP contribution in [0, 0.1) is 0 Å². The molecule has 3 rings (SSSR count). The van der Waals surface area contributed by atoms with Crippen molar-refractivity contribution in [2.24, 2.45) is 0 Å². The number of rotatable bonds is 5. The molecule has 0 bridgehead atoms. The van der Waals surface area contributed by atoms with E-state index < -0.39 is 10.0 Å². The number of hydrogen-bond acceptors (Lipinski definition) is 4. The Morgan fingerprint density at radius 3 is 2.43 bits per heavy atom. The molecule has 0 N–H and O–H groups in total.